The first-order valence-corrected chi connectivity index (χ1v) is 5.66. The van der Waals surface area contributed by atoms with Crippen molar-refractivity contribution in [1.82, 2.24) is 0 Å². The van der Waals surface area contributed by atoms with Gasteiger partial charge in [0.2, 0.25) is 0 Å². The first kappa shape index (κ1) is 10.7. The molecule has 0 unspecified atom stereocenters. The highest BCUT2D eigenvalue weighted by atomic mass is 35.5. The van der Waals surface area contributed by atoms with Crippen molar-refractivity contribution in [2.24, 2.45) is 0 Å². The van der Waals surface area contributed by atoms with Crippen LogP contribution in [0.1, 0.15) is 9.67 Å². The lowest BCUT2D eigenvalue weighted by Crippen LogP contribution is -1.82. The summed E-state index contributed by atoms with van der Waals surface area (Å²) in [6.07, 6.45) is 0. The molecule has 0 bridgehead atoms. The molecule has 5 heteroatoms. The van der Waals surface area contributed by atoms with Crippen LogP contribution in [0, 0.1) is 0 Å². The van der Waals surface area contributed by atoms with Gasteiger partial charge in [0.25, 0.3) is 5.24 Å². The molecule has 15 heavy (non-hydrogen) atoms. The summed E-state index contributed by atoms with van der Waals surface area (Å²) in [4.78, 5) is 11.4. The Morgan fingerprint density at radius 1 is 1.47 bits per heavy atom. The number of hydrogen-bond acceptors (Lipinski definition) is 3. The molecule has 0 aliphatic rings. The maximum Gasteiger partial charge on any atom is 0.263 e. The van der Waals surface area contributed by atoms with Crippen molar-refractivity contribution >= 4 is 49.9 Å². The zero-order valence-corrected chi connectivity index (χ0v) is 10.0. The monoisotopic (exact) mass is 260 g/mol. The number of halogens is 2. The van der Waals surface area contributed by atoms with Crippen LogP contribution >= 0.6 is 34.5 Å². The Balaban J connectivity index is 2.72. The summed E-state index contributed by atoms with van der Waals surface area (Å²) in [5, 5.41) is 0.666. The van der Waals surface area contributed by atoms with E-state index in [0.717, 1.165) is 10.1 Å². The average molecular weight is 261 g/mol. The molecule has 0 N–H and O–H groups in total. The Bertz CT molecular complexity index is 533. The highest BCUT2D eigenvalue weighted by Crippen LogP contribution is 2.37. The van der Waals surface area contributed by atoms with Gasteiger partial charge in [0, 0.05) is 10.1 Å². The highest BCUT2D eigenvalue weighted by Gasteiger charge is 2.15. The van der Waals surface area contributed by atoms with E-state index >= 15 is 0 Å². The van der Waals surface area contributed by atoms with E-state index in [-0.39, 0.29) is 0 Å². The summed E-state index contributed by atoms with van der Waals surface area (Å²) >= 11 is 12.7. The fourth-order valence-electron chi connectivity index (χ4n) is 1.30. The zero-order chi connectivity index (χ0) is 11.0. The van der Waals surface area contributed by atoms with Crippen molar-refractivity contribution in [3.8, 4) is 5.75 Å². The van der Waals surface area contributed by atoms with Crippen molar-refractivity contribution < 1.29 is 9.53 Å². The first-order valence-electron chi connectivity index (χ1n) is 4.09. The number of thiophene rings is 1. The molecule has 0 aliphatic carbocycles. The van der Waals surface area contributed by atoms with Crippen LogP contribution in [0.15, 0.2) is 18.2 Å². The fourth-order valence-corrected chi connectivity index (χ4v) is 2.88. The Morgan fingerprint density at radius 3 is 2.80 bits per heavy atom. The van der Waals surface area contributed by atoms with Crippen LogP contribution in [0.2, 0.25) is 5.02 Å². The first-order chi connectivity index (χ1) is 7.13. The van der Waals surface area contributed by atoms with Crippen molar-refractivity contribution in [2.75, 3.05) is 7.11 Å². The van der Waals surface area contributed by atoms with Crippen LogP contribution in [0.3, 0.4) is 0 Å². The van der Waals surface area contributed by atoms with E-state index in [2.05, 4.69) is 0 Å². The molecule has 0 saturated carbocycles. The molecule has 0 radical (unpaired) electrons. The second-order valence-corrected chi connectivity index (χ2v) is 4.65. The van der Waals surface area contributed by atoms with Crippen LogP contribution < -0.4 is 4.74 Å². The molecule has 2 rings (SSSR count). The topological polar surface area (TPSA) is 26.3 Å². The maximum atomic E-state index is 11.1. The molecule has 0 amide bonds. The molecular formula is C10H6Cl2O2S. The molecule has 0 fully saturated rings. The van der Waals surface area contributed by atoms with Crippen LogP contribution in [0.4, 0.5) is 0 Å². The maximum absolute atomic E-state index is 11.1. The fraction of sp³-hybridized carbons (Fsp3) is 0.100. The average Bonchev–Trinajstić information content (AvgIpc) is 2.56. The molecule has 1 aromatic carbocycles. The molecule has 0 aliphatic heterocycles. The standard InChI is InChI=1S/C10H6Cl2O2S/c1-14-5-2-3-7-6(4-5)8(11)9(15-7)10(12)13/h2-4H,1H3. The molecule has 1 heterocycles. The van der Waals surface area contributed by atoms with E-state index in [1.165, 1.54) is 11.3 Å². The minimum absolute atomic E-state index is 0.376. The number of rotatable bonds is 2. The number of methoxy groups -OCH3 is 1. The molecule has 0 saturated heterocycles. The van der Waals surface area contributed by atoms with Crippen molar-refractivity contribution in [2.45, 2.75) is 0 Å². The molecule has 0 atom stereocenters. The Kier molecular flexibility index (Phi) is 2.87. The Hall–Kier alpha value is -0.770. The van der Waals surface area contributed by atoms with Gasteiger partial charge in [0.15, 0.2) is 0 Å². The predicted molar refractivity (Wildman–Crippen MR) is 63.6 cm³/mol. The van der Waals surface area contributed by atoms with Gasteiger partial charge in [0.1, 0.15) is 10.6 Å². The lowest BCUT2D eigenvalue weighted by molar-refractivity contribution is 0.108. The van der Waals surface area contributed by atoms with Gasteiger partial charge in [-0.3, -0.25) is 4.79 Å². The molecule has 1 aromatic heterocycles. The van der Waals surface area contributed by atoms with Crippen LogP contribution in [-0.4, -0.2) is 12.4 Å². The summed E-state index contributed by atoms with van der Waals surface area (Å²) in [5.41, 5.74) is 0. The number of carbonyl (C=O) groups excluding carboxylic acids is 1. The van der Waals surface area contributed by atoms with Gasteiger partial charge in [-0.15, -0.1) is 11.3 Å². The highest BCUT2D eigenvalue weighted by molar-refractivity contribution is 7.23. The van der Waals surface area contributed by atoms with E-state index in [4.69, 9.17) is 27.9 Å². The summed E-state index contributed by atoms with van der Waals surface area (Å²) in [6.45, 7) is 0. The normalized spacial score (nSPS) is 10.6. The molecule has 2 aromatic rings. The van der Waals surface area contributed by atoms with Gasteiger partial charge in [-0.25, -0.2) is 0 Å². The lowest BCUT2D eigenvalue weighted by Gasteiger charge is -1.98. The summed E-state index contributed by atoms with van der Waals surface area (Å²) in [5.74, 6) is 0.704. The number of ether oxygens (including phenoxy) is 1. The third-order valence-corrected chi connectivity index (χ3v) is 3.99. The lowest BCUT2D eigenvalue weighted by atomic mass is 10.2. The SMILES string of the molecule is COc1ccc2sc(C(=O)Cl)c(Cl)c2c1. The smallest absolute Gasteiger partial charge is 0.263 e. The van der Waals surface area contributed by atoms with Gasteiger partial charge in [-0.2, -0.15) is 0 Å². The van der Waals surface area contributed by atoms with Gasteiger partial charge in [-0.1, -0.05) is 11.6 Å². The Labute approximate surface area is 100 Å². The predicted octanol–water partition coefficient (Wildman–Crippen LogP) is 3.94. The second kappa shape index (κ2) is 4.00. The minimum atomic E-state index is -0.528. The third kappa shape index (κ3) is 1.83. The number of fused-ring (bicyclic) bond motifs is 1. The minimum Gasteiger partial charge on any atom is -0.497 e. The number of carbonyl (C=O) groups is 1. The van der Waals surface area contributed by atoms with Crippen LogP contribution in [0.5, 0.6) is 5.75 Å². The van der Waals surface area contributed by atoms with E-state index in [1.807, 2.05) is 12.1 Å². The quantitative estimate of drug-likeness (QED) is 0.765. The van der Waals surface area contributed by atoms with Crippen molar-refractivity contribution in [3.05, 3.63) is 28.1 Å². The van der Waals surface area contributed by atoms with Crippen LogP contribution in [-0.2, 0) is 0 Å². The summed E-state index contributed by atoms with van der Waals surface area (Å²) in [7, 11) is 1.58. The van der Waals surface area contributed by atoms with Crippen molar-refractivity contribution in [1.29, 1.82) is 0 Å². The van der Waals surface area contributed by atoms with Gasteiger partial charge >= 0.3 is 0 Å². The van der Waals surface area contributed by atoms with E-state index in [1.54, 1.807) is 13.2 Å². The molecular weight excluding hydrogens is 255 g/mol. The van der Waals surface area contributed by atoms with Gasteiger partial charge < -0.3 is 4.74 Å². The molecule has 0 spiro atoms. The van der Waals surface area contributed by atoms with E-state index < -0.39 is 5.24 Å². The number of hydrogen-bond donors (Lipinski definition) is 0. The molecule has 78 valence electrons. The summed E-state index contributed by atoms with van der Waals surface area (Å²) < 4.78 is 6.00. The summed E-state index contributed by atoms with van der Waals surface area (Å²) in [6, 6.07) is 5.46. The molecule has 2 nitrogen and oxygen atoms in total. The van der Waals surface area contributed by atoms with E-state index in [9.17, 15) is 4.79 Å². The third-order valence-electron chi connectivity index (χ3n) is 2.01. The van der Waals surface area contributed by atoms with Gasteiger partial charge in [0.05, 0.1) is 12.1 Å². The zero-order valence-electron chi connectivity index (χ0n) is 7.71. The Morgan fingerprint density at radius 2 is 2.20 bits per heavy atom. The van der Waals surface area contributed by atoms with Crippen molar-refractivity contribution in [3.63, 3.8) is 0 Å². The van der Waals surface area contributed by atoms with E-state index in [0.29, 0.717) is 15.6 Å². The van der Waals surface area contributed by atoms with Gasteiger partial charge in [-0.05, 0) is 29.8 Å². The second-order valence-electron chi connectivity index (χ2n) is 2.88. The number of benzene rings is 1. The largest absolute Gasteiger partial charge is 0.497 e. The van der Waals surface area contributed by atoms with Crippen LogP contribution in [0.25, 0.3) is 10.1 Å².